The molecule has 0 amide bonds. The number of aromatic nitrogens is 2. The SMILES string of the molecule is Clc1ccc(Cn2c(CN3CCCCO3)nc3ccccc32)cc1. The number of imidazole rings is 1. The highest BCUT2D eigenvalue weighted by molar-refractivity contribution is 6.30. The van der Waals surface area contributed by atoms with Crippen molar-refractivity contribution in [1.82, 2.24) is 14.6 Å². The van der Waals surface area contributed by atoms with Crippen LogP contribution in [0.25, 0.3) is 11.0 Å². The van der Waals surface area contributed by atoms with E-state index in [2.05, 4.69) is 34.9 Å². The molecule has 0 spiro atoms. The first-order chi connectivity index (χ1) is 11.8. The lowest BCUT2D eigenvalue weighted by molar-refractivity contribution is -0.188. The summed E-state index contributed by atoms with van der Waals surface area (Å²) in [6.07, 6.45) is 2.31. The fourth-order valence-electron chi connectivity index (χ4n) is 3.13. The first-order valence-corrected chi connectivity index (χ1v) is 8.74. The molecule has 124 valence electrons. The number of fused-ring (bicyclic) bond motifs is 1. The van der Waals surface area contributed by atoms with Gasteiger partial charge < -0.3 is 4.57 Å². The smallest absolute Gasteiger partial charge is 0.126 e. The summed E-state index contributed by atoms with van der Waals surface area (Å²) in [5, 5.41) is 2.79. The molecule has 2 aromatic carbocycles. The van der Waals surface area contributed by atoms with E-state index in [-0.39, 0.29) is 0 Å². The minimum absolute atomic E-state index is 0.711. The lowest BCUT2D eigenvalue weighted by Crippen LogP contribution is -2.30. The fourth-order valence-corrected chi connectivity index (χ4v) is 3.25. The van der Waals surface area contributed by atoms with E-state index >= 15 is 0 Å². The van der Waals surface area contributed by atoms with E-state index in [4.69, 9.17) is 21.4 Å². The Bertz CT molecular complexity index is 822. The van der Waals surface area contributed by atoms with Crippen molar-refractivity contribution in [3.8, 4) is 0 Å². The van der Waals surface area contributed by atoms with E-state index in [1.807, 2.05) is 23.3 Å². The van der Waals surface area contributed by atoms with Crippen LogP contribution in [-0.4, -0.2) is 27.8 Å². The van der Waals surface area contributed by atoms with Crippen LogP contribution in [0.3, 0.4) is 0 Å². The third-order valence-electron chi connectivity index (χ3n) is 4.38. The lowest BCUT2D eigenvalue weighted by atomic mass is 10.2. The summed E-state index contributed by atoms with van der Waals surface area (Å²) in [4.78, 5) is 10.6. The summed E-state index contributed by atoms with van der Waals surface area (Å²) in [5.41, 5.74) is 3.39. The Balaban J connectivity index is 1.68. The molecule has 0 N–H and O–H groups in total. The zero-order valence-corrected chi connectivity index (χ0v) is 14.2. The second kappa shape index (κ2) is 6.93. The van der Waals surface area contributed by atoms with Crippen molar-refractivity contribution < 1.29 is 4.84 Å². The molecule has 2 heterocycles. The van der Waals surface area contributed by atoms with Gasteiger partial charge in [0, 0.05) is 18.1 Å². The van der Waals surface area contributed by atoms with E-state index in [0.29, 0.717) is 6.54 Å². The quantitative estimate of drug-likeness (QED) is 0.710. The van der Waals surface area contributed by atoms with Gasteiger partial charge in [-0.15, -0.1) is 0 Å². The molecule has 3 aromatic rings. The van der Waals surface area contributed by atoms with E-state index in [1.165, 1.54) is 12.0 Å². The average molecular weight is 342 g/mol. The minimum atomic E-state index is 0.711. The first-order valence-electron chi connectivity index (χ1n) is 8.36. The van der Waals surface area contributed by atoms with Crippen LogP contribution in [-0.2, 0) is 17.9 Å². The van der Waals surface area contributed by atoms with Crippen molar-refractivity contribution in [3.63, 3.8) is 0 Å². The second-order valence-corrected chi connectivity index (χ2v) is 6.57. The van der Waals surface area contributed by atoms with E-state index in [1.54, 1.807) is 0 Å². The molecule has 1 aliphatic heterocycles. The summed E-state index contributed by atoms with van der Waals surface area (Å²) < 4.78 is 2.27. The van der Waals surface area contributed by atoms with Crippen LogP contribution >= 0.6 is 11.6 Å². The van der Waals surface area contributed by atoms with Crippen LogP contribution in [0.1, 0.15) is 24.2 Å². The molecule has 0 unspecified atom stereocenters. The number of para-hydroxylation sites is 2. The van der Waals surface area contributed by atoms with Crippen LogP contribution < -0.4 is 0 Å². The maximum absolute atomic E-state index is 6.01. The fraction of sp³-hybridized carbons (Fsp3) is 0.316. The molecule has 0 radical (unpaired) electrons. The number of nitrogens with zero attached hydrogens (tertiary/aromatic N) is 3. The monoisotopic (exact) mass is 341 g/mol. The predicted molar refractivity (Wildman–Crippen MR) is 95.9 cm³/mol. The molecule has 1 saturated heterocycles. The van der Waals surface area contributed by atoms with Gasteiger partial charge in [-0.25, -0.2) is 4.98 Å². The van der Waals surface area contributed by atoms with Crippen molar-refractivity contribution in [1.29, 1.82) is 0 Å². The highest BCUT2D eigenvalue weighted by atomic mass is 35.5. The standard InChI is InChI=1S/C19H20ClN3O/c20-16-9-7-15(8-10-16)13-23-18-6-2-1-5-17(18)21-19(23)14-22-11-3-4-12-24-22/h1-2,5-10H,3-4,11-14H2. The van der Waals surface area contributed by atoms with E-state index in [0.717, 1.165) is 48.0 Å². The number of hydroxylamine groups is 2. The number of benzene rings is 2. The average Bonchev–Trinajstić information content (AvgIpc) is 2.95. The van der Waals surface area contributed by atoms with Crippen molar-refractivity contribution >= 4 is 22.6 Å². The third kappa shape index (κ3) is 3.31. The maximum atomic E-state index is 6.01. The van der Waals surface area contributed by atoms with Crippen LogP contribution in [0.2, 0.25) is 5.02 Å². The topological polar surface area (TPSA) is 30.3 Å². The summed E-state index contributed by atoms with van der Waals surface area (Å²) in [6.45, 7) is 3.25. The minimum Gasteiger partial charge on any atom is -0.322 e. The van der Waals surface area contributed by atoms with Gasteiger partial charge in [0.2, 0.25) is 0 Å². The summed E-state index contributed by atoms with van der Waals surface area (Å²) in [7, 11) is 0. The van der Waals surface area contributed by atoms with Crippen LogP contribution in [0, 0.1) is 0 Å². The Kier molecular flexibility index (Phi) is 4.52. The molecule has 4 rings (SSSR count). The lowest BCUT2D eigenvalue weighted by Gasteiger charge is -2.25. The Morgan fingerprint density at radius 2 is 1.83 bits per heavy atom. The summed E-state index contributed by atoms with van der Waals surface area (Å²) >= 11 is 6.01. The van der Waals surface area contributed by atoms with Crippen LogP contribution in [0.4, 0.5) is 0 Å². The molecule has 1 aromatic heterocycles. The molecule has 5 heteroatoms. The zero-order chi connectivity index (χ0) is 16.4. The van der Waals surface area contributed by atoms with Crippen molar-refractivity contribution in [2.24, 2.45) is 0 Å². The van der Waals surface area contributed by atoms with Gasteiger partial charge >= 0.3 is 0 Å². The summed E-state index contributed by atoms with van der Waals surface area (Å²) in [6, 6.07) is 16.3. The van der Waals surface area contributed by atoms with Gasteiger partial charge in [-0.3, -0.25) is 4.84 Å². The third-order valence-corrected chi connectivity index (χ3v) is 4.63. The molecule has 24 heavy (non-hydrogen) atoms. The normalized spacial score (nSPS) is 15.9. The van der Waals surface area contributed by atoms with Gasteiger partial charge in [0.05, 0.1) is 24.2 Å². The number of halogens is 1. The van der Waals surface area contributed by atoms with Gasteiger partial charge in [0.15, 0.2) is 0 Å². The molecule has 0 aliphatic carbocycles. The van der Waals surface area contributed by atoms with Gasteiger partial charge in [0.1, 0.15) is 5.82 Å². The summed E-state index contributed by atoms with van der Waals surface area (Å²) in [5.74, 6) is 1.04. The largest absolute Gasteiger partial charge is 0.322 e. The predicted octanol–water partition coefficient (Wildman–Crippen LogP) is 4.27. The zero-order valence-electron chi connectivity index (χ0n) is 13.5. The molecule has 0 saturated carbocycles. The Labute approximate surface area is 146 Å². The molecule has 0 bridgehead atoms. The molecular formula is C19H20ClN3O. The van der Waals surface area contributed by atoms with Crippen molar-refractivity contribution in [3.05, 3.63) is 64.9 Å². The number of hydrogen-bond donors (Lipinski definition) is 0. The molecule has 1 fully saturated rings. The van der Waals surface area contributed by atoms with Crippen molar-refractivity contribution in [2.45, 2.75) is 25.9 Å². The van der Waals surface area contributed by atoms with Crippen LogP contribution in [0.15, 0.2) is 48.5 Å². The molecular weight excluding hydrogens is 322 g/mol. The molecule has 0 atom stereocenters. The Morgan fingerprint density at radius 3 is 2.62 bits per heavy atom. The van der Waals surface area contributed by atoms with Gasteiger partial charge in [0.25, 0.3) is 0 Å². The van der Waals surface area contributed by atoms with E-state index < -0.39 is 0 Å². The van der Waals surface area contributed by atoms with Crippen LogP contribution in [0.5, 0.6) is 0 Å². The van der Waals surface area contributed by atoms with E-state index in [9.17, 15) is 0 Å². The second-order valence-electron chi connectivity index (χ2n) is 6.13. The van der Waals surface area contributed by atoms with Gasteiger partial charge in [-0.2, -0.15) is 5.06 Å². The molecule has 4 nitrogen and oxygen atoms in total. The highest BCUT2D eigenvalue weighted by Crippen LogP contribution is 2.21. The first kappa shape index (κ1) is 15.6. The molecule has 1 aliphatic rings. The van der Waals surface area contributed by atoms with Gasteiger partial charge in [-0.1, -0.05) is 35.9 Å². The Hall–Kier alpha value is -1.88. The number of rotatable bonds is 4. The highest BCUT2D eigenvalue weighted by Gasteiger charge is 2.17. The maximum Gasteiger partial charge on any atom is 0.126 e. The number of hydrogen-bond acceptors (Lipinski definition) is 3. The Morgan fingerprint density at radius 1 is 1.00 bits per heavy atom. The van der Waals surface area contributed by atoms with Gasteiger partial charge in [-0.05, 0) is 42.7 Å². The van der Waals surface area contributed by atoms with Crippen molar-refractivity contribution in [2.75, 3.05) is 13.2 Å².